The summed E-state index contributed by atoms with van der Waals surface area (Å²) in [4.78, 5) is 11.5. The molecule has 0 saturated carbocycles. The van der Waals surface area contributed by atoms with Crippen LogP contribution in [0.2, 0.25) is 5.02 Å². The van der Waals surface area contributed by atoms with Crippen LogP contribution in [0.15, 0.2) is 40.9 Å². The van der Waals surface area contributed by atoms with Crippen molar-refractivity contribution < 1.29 is 9.53 Å². The summed E-state index contributed by atoms with van der Waals surface area (Å²) in [5, 5.41) is 4.01. The molecular formula is C16H15BrClNO2. The molecule has 0 radical (unpaired) electrons. The number of para-hydroxylation sites is 1. The molecule has 0 heterocycles. The third kappa shape index (κ3) is 3.77. The number of carbonyl (C=O) groups is 1. The minimum atomic E-state index is -0.350. The number of hydrogen-bond donors (Lipinski definition) is 1. The van der Waals surface area contributed by atoms with Gasteiger partial charge in [0.15, 0.2) is 0 Å². The predicted molar refractivity (Wildman–Crippen MR) is 89.0 cm³/mol. The fourth-order valence-corrected chi connectivity index (χ4v) is 2.78. The van der Waals surface area contributed by atoms with Crippen molar-refractivity contribution in [3.8, 4) is 0 Å². The van der Waals surface area contributed by atoms with Gasteiger partial charge in [0.05, 0.1) is 23.4 Å². The third-order valence-corrected chi connectivity index (χ3v) is 4.20. The first-order chi connectivity index (χ1) is 10.0. The molecule has 110 valence electrons. The van der Waals surface area contributed by atoms with Crippen molar-refractivity contribution in [2.75, 3.05) is 12.4 Å². The fourth-order valence-electron chi connectivity index (χ4n) is 1.97. The number of benzene rings is 2. The molecule has 3 nitrogen and oxygen atoms in total. The van der Waals surface area contributed by atoms with Crippen LogP contribution in [-0.4, -0.2) is 13.1 Å². The maximum atomic E-state index is 11.5. The lowest BCUT2D eigenvalue weighted by Gasteiger charge is -2.13. The maximum Gasteiger partial charge on any atom is 0.337 e. The van der Waals surface area contributed by atoms with Crippen LogP contribution in [0.5, 0.6) is 0 Å². The number of rotatable bonds is 4. The summed E-state index contributed by atoms with van der Waals surface area (Å²) in [7, 11) is 1.37. The second-order valence-corrected chi connectivity index (χ2v) is 5.84. The van der Waals surface area contributed by atoms with Gasteiger partial charge in [0.2, 0.25) is 0 Å². The minimum Gasteiger partial charge on any atom is -0.465 e. The standard InChI is InChI=1S/C16H15BrClNO2/c1-10-4-3-5-14(18)15(10)19-9-12-7-6-11(8-13(12)17)16(20)21-2/h3-8,19H,9H2,1-2H3. The molecule has 5 heteroatoms. The van der Waals surface area contributed by atoms with Crippen LogP contribution in [0.1, 0.15) is 21.5 Å². The molecular weight excluding hydrogens is 354 g/mol. The lowest BCUT2D eigenvalue weighted by Crippen LogP contribution is -2.05. The number of methoxy groups -OCH3 is 1. The normalized spacial score (nSPS) is 10.3. The van der Waals surface area contributed by atoms with Gasteiger partial charge in [-0.2, -0.15) is 0 Å². The Balaban J connectivity index is 2.16. The van der Waals surface area contributed by atoms with E-state index >= 15 is 0 Å². The number of carbonyl (C=O) groups excluding carboxylic acids is 1. The molecule has 0 bridgehead atoms. The Kier molecular flexibility index (Phi) is 5.26. The largest absolute Gasteiger partial charge is 0.465 e. The van der Waals surface area contributed by atoms with Crippen molar-refractivity contribution in [3.05, 3.63) is 62.6 Å². The average molecular weight is 369 g/mol. The molecule has 0 fully saturated rings. The van der Waals surface area contributed by atoms with E-state index < -0.39 is 0 Å². The zero-order valence-electron chi connectivity index (χ0n) is 11.7. The molecule has 21 heavy (non-hydrogen) atoms. The summed E-state index contributed by atoms with van der Waals surface area (Å²) < 4.78 is 5.55. The molecule has 0 spiro atoms. The van der Waals surface area contributed by atoms with Gasteiger partial charge in [-0.25, -0.2) is 4.79 Å². The summed E-state index contributed by atoms with van der Waals surface area (Å²) in [5.41, 5.74) is 3.55. The second-order valence-electron chi connectivity index (χ2n) is 4.58. The van der Waals surface area contributed by atoms with Crippen LogP contribution in [0.25, 0.3) is 0 Å². The molecule has 2 rings (SSSR count). The van der Waals surface area contributed by atoms with Gasteiger partial charge in [0.1, 0.15) is 0 Å². The van der Waals surface area contributed by atoms with E-state index in [1.54, 1.807) is 12.1 Å². The number of anilines is 1. The van der Waals surface area contributed by atoms with Crippen molar-refractivity contribution >= 4 is 39.2 Å². The molecule has 1 N–H and O–H groups in total. The zero-order valence-corrected chi connectivity index (χ0v) is 14.1. The smallest absolute Gasteiger partial charge is 0.337 e. The molecule has 0 aliphatic carbocycles. The van der Waals surface area contributed by atoms with Gasteiger partial charge in [0, 0.05) is 11.0 Å². The monoisotopic (exact) mass is 367 g/mol. The Morgan fingerprint density at radius 2 is 2.10 bits per heavy atom. The topological polar surface area (TPSA) is 38.3 Å². The molecule has 0 unspecified atom stereocenters. The van der Waals surface area contributed by atoms with Crippen molar-refractivity contribution in [3.63, 3.8) is 0 Å². The molecule has 0 aliphatic heterocycles. The molecule has 2 aromatic carbocycles. The minimum absolute atomic E-state index is 0.350. The number of aryl methyl sites for hydroxylation is 1. The first-order valence-electron chi connectivity index (χ1n) is 6.38. The number of halogens is 2. The van der Waals surface area contributed by atoms with Crippen LogP contribution in [0, 0.1) is 6.92 Å². The van der Waals surface area contributed by atoms with Crippen molar-refractivity contribution in [1.29, 1.82) is 0 Å². The zero-order chi connectivity index (χ0) is 15.4. The van der Waals surface area contributed by atoms with Crippen molar-refractivity contribution in [2.24, 2.45) is 0 Å². The van der Waals surface area contributed by atoms with E-state index in [0.29, 0.717) is 17.1 Å². The number of hydrogen-bond acceptors (Lipinski definition) is 3. The maximum absolute atomic E-state index is 11.5. The van der Waals surface area contributed by atoms with Crippen LogP contribution in [0.3, 0.4) is 0 Å². The number of nitrogens with one attached hydrogen (secondary N) is 1. The van der Waals surface area contributed by atoms with Gasteiger partial charge in [-0.15, -0.1) is 0 Å². The van der Waals surface area contributed by atoms with E-state index in [1.165, 1.54) is 7.11 Å². The van der Waals surface area contributed by atoms with E-state index in [4.69, 9.17) is 16.3 Å². The molecule has 0 aliphatic rings. The van der Waals surface area contributed by atoms with E-state index in [-0.39, 0.29) is 5.97 Å². The van der Waals surface area contributed by atoms with Gasteiger partial charge < -0.3 is 10.1 Å². The molecule has 0 atom stereocenters. The summed E-state index contributed by atoms with van der Waals surface area (Å²) in [6.07, 6.45) is 0. The Morgan fingerprint density at radius 1 is 1.33 bits per heavy atom. The van der Waals surface area contributed by atoms with Crippen LogP contribution in [-0.2, 0) is 11.3 Å². The highest BCUT2D eigenvalue weighted by molar-refractivity contribution is 9.10. The van der Waals surface area contributed by atoms with E-state index in [0.717, 1.165) is 21.3 Å². The van der Waals surface area contributed by atoms with Crippen LogP contribution in [0.4, 0.5) is 5.69 Å². The third-order valence-electron chi connectivity index (χ3n) is 3.15. The predicted octanol–water partition coefficient (Wildman–Crippen LogP) is 4.81. The number of ether oxygens (including phenoxy) is 1. The van der Waals surface area contributed by atoms with Gasteiger partial charge in [0.25, 0.3) is 0 Å². The molecule has 0 amide bonds. The first-order valence-corrected chi connectivity index (χ1v) is 7.55. The second kappa shape index (κ2) is 6.96. The van der Waals surface area contributed by atoms with E-state index in [9.17, 15) is 4.79 Å². The highest BCUT2D eigenvalue weighted by Gasteiger charge is 2.09. The quantitative estimate of drug-likeness (QED) is 0.787. The summed E-state index contributed by atoms with van der Waals surface area (Å²) in [6, 6.07) is 11.2. The lowest BCUT2D eigenvalue weighted by atomic mass is 10.1. The summed E-state index contributed by atoms with van der Waals surface area (Å²) in [5.74, 6) is -0.350. The Hall–Kier alpha value is -1.52. The average Bonchev–Trinajstić information content (AvgIpc) is 2.47. The molecule has 0 saturated heterocycles. The van der Waals surface area contributed by atoms with Crippen LogP contribution < -0.4 is 5.32 Å². The Morgan fingerprint density at radius 3 is 2.71 bits per heavy atom. The van der Waals surface area contributed by atoms with E-state index in [2.05, 4.69) is 21.2 Å². The van der Waals surface area contributed by atoms with Crippen LogP contribution >= 0.6 is 27.5 Å². The van der Waals surface area contributed by atoms with E-state index in [1.807, 2.05) is 31.2 Å². The summed E-state index contributed by atoms with van der Waals surface area (Å²) >= 11 is 9.66. The molecule has 0 aromatic heterocycles. The van der Waals surface area contributed by atoms with Crippen molar-refractivity contribution in [1.82, 2.24) is 0 Å². The SMILES string of the molecule is COC(=O)c1ccc(CNc2c(C)cccc2Cl)c(Br)c1. The highest BCUT2D eigenvalue weighted by Crippen LogP contribution is 2.27. The van der Waals surface area contributed by atoms with Gasteiger partial charge in [-0.1, -0.05) is 45.7 Å². The summed E-state index contributed by atoms with van der Waals surface area (Å²) in [6.45, 7) is 2.61. The van der Waals surface area contributed by atoms with Gasteiger partial charge in [-0.3, -0.25) is 0 Å². The Labute approximate surface area is 137 Å². The molecule has 2 aromatic rings. The van der Waals surface area contributed by atoms with Crippen molar-refractivity contribution in [2.45, 2.75) is 13.5 Å². The highest BCUT2D eigenvalue weighted by atomic mass is 79.9. The van der Waals surface area contributed by atoms with Gasteiger partial charge in [-0.05, 0) is 36.2 Å². The first kappa shape index (κ1) is 15.9. The Bertz CT molecular complexity index is 653. The number of esters is 1. The fraction of sp³-hybridized carbons (Fsp3) is 0.188. The lowest BCUT2D eigenvalue weighted by molar-refractivity contribution is 0.0600. The van der Waals surface area contributed by atoms with Gasteiger partial charge >= 0.3 is 5.97 Å².